The average molecular weight is 224 g/mol. The van der Waals surface area contributed by atoms with Crippen LogP contribution in [-0.4, -0.2) is 15.9 Å². The predicted molar refractivity (Wildman–Crippen MR) is 62.3 cm³/mol. The van der Waals surface area contributed by atoms with Gasteiger partial charge >= 0.3 is 0 Å². The van der Waals surface area contributed by atoms with Crippen LogP contribution in [0.5, 0.6) is 0 Å². The molecule has 0 bridgehead atoms. The predicted octanol–water partition coefficient (Wildman–Crippen LogP) is 2.05. The Kier molecular flexibility index (Phi) is 2.93. The van der Waals surface area contributed by atoms with Gasteiger partial charge in [-0.05, 0) is 18.7 Å². The molecule has 2 aromatic heterocycles. The highest BCUT2D eigenvalue weighted by Crippen LogP contribution is 2.20. The quantitative estimate of drug-likeness (QED) is 0.866. The largest absolute Gasteiger partial charge is 0.330 e. The molecule has 0 aliphatic carbocycles. The summed E-state index contributed by atoms with van der Waals surface area (Å²) >= 11 is 6.07. The number of halogens is 1. The summed E-state index contributed by atoms with van der Waals surface area (Å²) < 4.78 is 2.11. The molecular formula is C11H14ClN3. The number of aryl methyl sites for hydroxylation is 1. The van der Waals surface area contributed by atoms with E-state index in [0.717, 1.165) is 24.2 Å². The van der Waals surface area contributed by atoms with E-state index in [9.17, 15) is 0 Å². The fourth-order valence-electron chi connectivity index (χ4n) is 1.82. The van der Waals surface area contributed by atoms with E-state index in [1.54, 1.807) is 0 Å². The maximum atomic E-state index is 6.07. The lowest BCUT2D eigenvalue weighted by Crippen LogP contribution is -2.08. The number of hydrogen-bond acceptors (Lipinski definition) is 2. The van der Waals surface area contributed by atoms with Gasteiger partial charge in [-0.1, -0.05) is 24.6 Å². The molecule has 2 rings (SSSR count). The van der Waals surface area contributed by atoms with Crippen molar-refractivity contribution in [3.8, 4) is 0 Å². The molecule has 2 heterocycles. The summed E-state index contributed by atoms with van der Waals surface area (Å²) in [5, 5.41) is 0.575. The maximum absolute atomic E-state index is 6.07. The minimum Gasteiger partial charge on any atom is -0.330 e. The Morgan fingerprint density at radius 1 is 1.47 bits per heavy atom. The molecule has 0 amide bonds. The van der Waals surface area contributed by atoms with Crippen molar-refractivity contribution in [1.82, 2.24) is 9.38 Å². The highest BCUT2D eigenvalue weighted by Gasteiger charge is 2.10. The zero-order valence-electron chi connectivity index (χ0n) is 8.70. The fraction of sp³-hybridized carbons (Fsp3) is 0.364. The molecular weight excluding hydrogens is 210 g/mol. The van der Waals surface area contributed by atoms with Crippen molar-refractivity contribution in [3.63, 3.8) is 0 Å². The normalized spacial score (nSPS) is 11.1. The molecule has 0 aliphatic rings. The summed E-state index contributed by atoms with van der Waals surface area (Å²) in [5.41, 5.74) is 7.73. The summed E-state index contributed by atoms with van der Waals surface area (Å²) in [7, 11) is 0. The lowest BCUT2D eigenvalue weighted by atomic mass is 10.2. The van der Waals surface area contributed by atoms with E-state index < -0.39 is 0 Å². The number of nitrogens with two attached hydrogens (primary N) is 1. The molecule has 80 valence electrons. The van der Waals surface area contributed by atoms with E-state index in [0.29, 0.717) is 11.7 Å². The van der Waals surface area contributed by atoms with Crippen molar-refractivity contribution in [1.29, 1.82) is 0 Å². The lowest BCUT2D eigenvalue weighted by Gasteiger charge is -2.06. The number of imidazole rings is 1. The maximum Gasteiger partial charge on any atom is 0.155 e. The Labute approximate surface area is 93.9 Å². The molecule has 0 saturated carbocycles. The smallest absolute Gasteiger partial charge is 0.155 e. The molecule has 0 fully saturated rings. The van der Waals surface area contributed by atoms with Crippen LogP contribution in [0.1, 0.15) is 18.4 Å². The average Bonchev–Trinajstić information content (AvgIpc) is 2.58. The van der Waals surface area contributed by atoms with E-state index >= 15 is 0 Å². The van der Waals surface area contributed by atoms with E-state index in [-0.39, 0.29) is 0 Å². The number of rotatable bonds is 3. The first-order valence-electron chi connectivity index (χ1n) is 5.12. The first-order chi connectivity index (χ1) is 7.27. The molecule has 4 heteroatoms. The second kappa shape index (κ2) is 4.21. The standard InChI is InChI=1S/C11H14ClN3/c1-2-10-14-11(12)9-5-3-4-8(6-7-13)15(9)10/h3-5H,2,6-7,13H2,1H3. The summed E-state index contributed by atoms with van der Waals surface area (Å²) in [6.07, 6.45) is 1.71. The lowest BCUT2D eigenvalue weighted by molar-refractivity contribution is 0.843. The van der Waals surface area contributed by atoms with Gasteiger partial charge in [0.2, 0.25) is 0 Å². The molecule has 0 aromatic carbocycles. The molecule has 0 aliphatic heterocycles. The Bertz CT molecular complexity index is 476. The van der Waals surface area contributed by atoms with Crippen LogP contribution in [0, 0.1) is 0 Å². The van der Waals surface area contributed by atoms with Gasteiger partial charge in [0.15, 0.2) is 5.15 Å². The molecule has 2 N–H and O–H groups in total. The Hall–Kier alpha value is -1.06. The zero-order valence-corrected chi connectivity index (χ0v) is 9.46. The van der Waals surface area contributed by atoms with Gasteiger partial charge in [0.05, 0.1) is 5.52 Å². The van der Waals surface area contributed by atoms with Crippen molar-refractivity contribution in [2.24, 2.45) is 5.73 Å². The van der Waals surface area contributed by atoms with E-state index in [1.165, 1.54) is 5.69 Å². The van der Waals surface area contributed by atoms with Gasteiger partial charge in [-0.2, -0.15) is 0 Å². The van der Waals surface area contributed by atoms with Crippen molar-refractivity contribution >= 4 is 17.1 Å². The van der Waals surface area contributed by atoms with E-state index in [1.807, 2.05) is 12.1 Å². The fourth-order valence-corrected chi connectivity index (χ4v) is 2.07. The van der Waals surface area contributed by atoms with Crippen LogP contribution in [0.25, 0.3) is 5.52 Å². The van der Waals surface area contributed by atoms with Gasteiger partial charge in [0, 0.05) is 18.5 Å². The van der Waals surface area contributed by atoms with Crippen LogP contribution in [0.15, 0.2) is 18.2 Å². The van der Waals surface area contributed by atoms with Crippen molar-refractivity contribution in [3.05, 3.63) is 34.9 Å². The van der Waals surface area contributed by atoms with Gasteiger partial charge in [-0.3, -0.25) is 4.40 Å². The summed E-state index contributed by atoms with van der Waals surface area (Å²) in [6, 6.07) is 6.04. The first kappa shape index (κ1) is 10.5. The number of pyridine rings is 1. The highest BCUT2D eigenvalue weighted by molar-refractivity contribution is 6.32. The number of aromatic nitrogens is 2. The van der Waals surface area contributed by atoms with E-state index in [2.05, 4.69) is 22.4 Å². The minimum atomic E-state index is 0.575. The molecule has 0 radical (unpaired) electrons. The first-order valence-corrected chi connectivity index (χ1v) is 5.50. The molecule has 2 aromatic rings. The van der Waals surface area contributed by atoms with Crippen LogP contribution in [0.4, 0.5) is 0 Å². The van der Waals surface area contributed by atoms with Crippen LogP contribution in [-0.2, 0) is 12.8 Å². The monoisotopic (exact) mass is 223 g/mol. The molecule has 0 spiro atoms. The SMILES string of the molecule is CCc1nc(Cl)c2cccc(CCN)n12. The number of nitrogens with zero attached hydrogens (tertiary/aromatic N) is 2. The third kappa shape index (κ3) is 1.73. The van der Waals surface area contributed by atoms with Crippen molar-refractivity contribution in [2.75, 3.05) is 6.54 Å². The molecule has 15 heavy (non-hydrogen) atoms. The third-order valence-corrected chi connectivity index (χ3v) is 2.76. The Morgan fingerprint density at radius 2 is 2.27 bits per heavy atom. The van der Waals surface area contributed by atoms with Crippen molar-refractivity contribution < 1.29 is 0 Å². The summed E-state index contributed by atoms with van der Waals surface area (Å²) in [4.78, 5) is 4.34. The van der Waals surface area contributed by atoms with Gasteiger partial charge in [0.1, 0.15) is 5.82 Å². The van der Waals surface area contributed by atoms with Gasteiger partial charge in [-0.15, -0.1) is 0 Å². The topological polar surface area (TPSA) is 43.3 Å². The molecule has 0 saturated heterocycles. The second-order valence-electron chi connectivity index (χ2n) is 3.45. The van der Waals surface area contributed by atoms with Crippen molar-refractivity contribution in [2.45, 2.75) is 19.8 Å². The summed E-state index contributed by atoms with van der Waals surface area (Å²) in [6.45, 7) is 2.71. The van der Waals surface area contributed by atoms with Crippen LogP contribution < -0.4 is 5.73 Å². The molecule has 0 atom stereocenters. The van der Waals surface area contributed by atoms with Gasteiger partial charge < -0.3 is 5.73 Å². The third-order valence-electron chi connectivity index (χ3n) is 2.48. The molecule has 0 unspecified atom stereocenters. The summed E-state index contributed by atoms with van der Waals surface area (Å²) in [5.74, 6) is 0.999. The Balaban J connectivity index is 2.70. The van der Waals surface area contributed by atoms with Gasteiger partial charge in [-0.25, -0.2) is 4.98 Å². The van der Waals surface area contributed by atoms with Crippen LogP contribution in [0.3, 0.4) is 0 Å². The highest BCUT2D eigenvalue weighted by atomic mass is 35.5. The molecule has 3 nitrogen and oxygen atoms in total. The van der Waals surface area contributed by atoms with Crippen LogP contribution >= 0.6 is 11.6 Å². The minimum absolute atomic E-state index is 0.575. The number of hydrogen-bond donors (Lipinski definition) is 1. The second-order valence-corrected chi connectivity index (χ2v) is 3.81. The van der Waals surface area contributed by atoms with E-state index in [4.69, 9.17) is 17.3 Å². The Morgan fingerprint density at radius 3 is 2.93 bits per heavy atom. The number of fused-ring (bicyclic) bond motifs is 1. The van der Waals surface area contributed by atoms with Crippen LogP contribution in [0.2, 0.25) is 5.15 Å². The zero-order chi connectivity index (χ0) is 10.8. The van der Waals surface area contributed by atoms with Gasteiger partial charge in [0.25, 0.3) is 0 Å².